The van der Waals surface area contributed by atoms with Crippen molar-refractivity contribution in [1.82, 2.24) is 0 Å². The van der Waals surface area contributed by atoms with Crippen molar-refractivity contribution in [2.75, 3.05) is 11.9 Å². The van der Waals surface area contributed by atoms with Gasteiger partial charge in [-0.05, 0) is 37.6 Å². The Bertz CT molecular complexity index is 603. The predicted octanol–water partition coefficient (Wildman–Crippen LogP) is 5.44. The van der Waals surface area contributed by atoms with E-state index in [2.05, 4.69) is 5.32 Å². The molecule has 0 heterocycles. The first-order valence-electron chi connectivity index (χ1n) is 7.05. The van der Waals surface area contributed by atoms with Gasteiger partial charge in [0.1, 0.15) is 11.6 Å². The summed E-state index contributed by atoms with van der Waals surface area (Å²) in [4.78, 5) is 0. The largest absolute Gasteiger partial charge is 0.491 e. The van der Waals surface area contributed by atoms with Gasteiger partial charge in [0.05, 0.1) is 18.3 Å². The zero-order chi connectivity index (χ0) is 15.2. The van der Waals surface area contributed by atoms with Crippen LogP contribution in [0.25, 0.3) is 0 Å². The third kappa shape index (κ3) is 4.11. The van der Waals surface area contributed by atoms with E-state index in [0.29, 0.717) is 17.2 Å². The summed E-state index contributed by atoms with van der Waals surface area (Å²) in [5.74, 6) is 0.500. The van der Waals surface area contributed by atoms with Gasteiger partial charge >= 0.3 is 0 Å². The summed E-state index contributed by atoms with van der Waals surface area (Å²) in [6, 6.07) is 12.0. The lowest BCUT2D eigenvalue weighted by atomic mass is 10.1. The van der Waals surface area contributed by atoms with Crippen molar-refractivity contribution in [2.45, 2.75) is 26.3 Å². The van der Waals surface area contributed by atoms with Crippen LogP contribution in [0.5, 0.6) is 5.75 Å². The van der Waals surface area contributed by atoms with E-state index in [1.165, 1.54) is 6.07 Å². The van der Waals surface area contributed by atoms with Gasteiger partial charge in [0, 0.05) is 10.6 Å². The Hall–Kier alpha value is -1.74. The van der Waals surface area contributed by atoms with E-state index in [4.69, 9.17) is 16.3 Å². The Balaban J connectivity index is 2.21. The quantitative estimate of drug-likeness (QED) is 0.767. The van der Waals surface area contributed by atoms with Crippen LogP contribution in [-0.4, -0.2) is 6.61 Å². The Morgan fingerprint density at radius 1 is 1.24 bits per heavy atom. The first kappa shape index (κ1) is 15.6. The standard InChI is InChI=1S/C17H19ClFNO/c1-3-10-21-17-9-8-13(18)11-16(17)20-12(2)14-6-4-5-7-15(14)19/h4-9,11-12,20H,3,10H2,1-2H3. The van der Waals surface area contributed by atoms with E-state index in [0.717, 1.165) is 17.9 Å². The highest BCUT2D eigenvalue weighted by molar-refractivity contribution is 6.30. The third-order valence-electron chi connectivity index (χ3n) is 3.15. The summed E-state index contributed by atoms with van der Waals surface area (Å²) in [5.41, 5.74) is 1.38. The minimum Gasteiger partial charge on any atom is -0.491 e. The van der Waals surface area contributed by atoms with Gasteiger partial charge in [-0.25, -0.2) is 4.39 Å². The molecule has 1 unspecified atom stereocenters. The molecule has 2 nitrogen and oxygen atoms in total. The lowest BCUT2D eigenvalue weighted by Crippen LogP contribution is -2.10. The molecule has 2 aromatic carbocycles. The number of ether oxygens (including phenoxy) is 1. The maximum absolute atomic E-state index is 13.8. The summed E-state index contributed by atoms with van der Waals surface area (Å²) >= 11 is 6.04. The van der Waals surface area contributed by atoms with Gasteiger partial charge in [-0.1, -0.05) is 36.7 Å². The molecule has 0 radical (unpaired) electrons. The lowest BCUT2D eigenvalue weighted by Gasteiger charge is -2.19. The Labute approximate surface area is 129 Å². The highest BCUT2D eigenvalue weighted by Gasteiger charge is 2.13. The molecule has 0 aliphatic rings. The maximum Gasteiger partial charge on any atom is 0.142 e. The smallest absolute Gasteiger partial charge is 0.142 e. The molecule has 1 atom stereocenters. The Kier molecular flexibility index (Phi) is 5.45. The molecule has 0 spiro atoms. The molecule has 0 amide bonds. The highest BCUT2D eigenvalue weighted by Crippen LogP contribution is 2.31. The highest BCUT2D eigenvalue weighted by atomic mass is 35.5. The van der Waals surface area contributed by atoms with Crippen molar-refractivity contribution in [2.24, 2.45) is 0 Å². The van der Waals surface area contributed by atoms with Crippen molar-refractivity contribution in [3.05, 3.63) is 58.9 Å². The molecule has 0 saturated heterocycles. The van der Waals surface area contributed by atoms with Crippen LogP contribution in [0, 0.1) is 5.82 Å². The van der Waals surface area contributed by atoms with Crippen molar-refractivity contribution in [3.63, 3.8) is 0 Å². The molecule has 2 aromatic rings. The fraction of sp³-hybridized carbons (Fsp3) is 0.294. The van der Waals surface area contributed by atoms with Crippen LogP contribution in [0.4, 0.5) is 10.1 Å². The zero-order valence-corrected chi connectivity index (χ0v) is 13.0. The van der Waals surface area contributed by atoms with Crippen molar-refractivity contribution < 1.29 is 9.13 Å². The first-order valence-corrected chi connectivity index (χ1v) is 7.43. The van der Waals surface area contributed by atoms with Crippen molar-refractivity contribution >= 4 is 17.3 Å². The van der Waals surface area contributed by atoms with Gasteiger partial charge in [0.2, 0.25) is 0 Å². The molecule has 0 fully saturated rings. The van der Waals surface area contributed by atoms with E-state index in [1.807, 2.05) is 26.0 Å². The molecular weight excluding hydrogens is 289 g/mol. The lowest BCUT2D eigenvalue weighted by molar-refractivity contribution is 0.318. The zero-order valence-electron chi connectivity index (χ0n) is 12.2. The normalized spacial score (nSPS) is 12.0. The van der Waals surface area contributed by atoms with Crippen LogP contribution in [0.15, 0.2) is 42.5 Å². The molecular formula is C17H19ClFNO. The molecule has 21 heavy (non-hydrogen) atoms. The number of anilines is 1. The number of rotatable bonds is 6. The van der Waals surface area contributed by atoms with Crippen LogP contribution in [0.2, 0.25) is 5.02 Å². The molecule has 2 rings (SSSR count). The van der Waals surface area contributed by atoms with Crippen LogP contribution in [-0.2, 0) is 0 Å². The van der Waals surface area contributed by atoms with E-state index >= 15 is 0 Å². The third-order valence-corrected chi connectivity index (χ3v) is 3.38. The minimum absolute atomic E-state index is 0.186. The molecule has 0 aliphatic carbocycles. The van der Waals surface area contributed by atoms with Gasteiger partial charge in [0.25, 0.3) is 0 Å². The van der Waals surface area contributed by atoms with Gasteiger partial charge in [-0.15, -0.1) is 0 Å². The number of hydrogen-bond acceptors (Lipinski definition) is 2. The number of halogens is 2. The topological polar surface area (TPSA) is 21.3 Å². The second-order valence-electron chi connectivity index (χ2n) is 4.88. The molecule has 1 N–H and O–H groups in total. The monoisotopic (exact) mass is 307 g/mol. The average Bonchev–Trinajstić information content (AvgIpc) is 2.47. The second kappa shape index (κ2) is 7.32. The Morgan fingerprint density at radius 2 is 2.00 bits per heavy atom. The van der Waals surface area contributed by atoms with E-state index in [9.17, 15) is 4.39 Å². The molecule has 0 aromatic heterocycles. The summed E-state index contributed by atoms with van der Waals surface area (Å²) in [6.07, 6.45) is 0.922. The fourth-order valence-corrected chi connectivity index (χ4v) is 2.26. The molecule has 0 bridgehead atoms. The van der Waals surface area contributed by atoms with E-state index in [1.54, 1.807) is 24.3 Å². The van der Waals surface area contributed by atoms with Crippen molar-refractivity contribution in [3.8, 4) is 5.75 Å². The van der Waals surface area contributed by atoms with Crippen molar-refractivity contribution in [1.29, 1.82) is 0 Å². The number of nitrogens with one attached hydrogen (secondary N) is 1. The predicted molar refractivity (Wildman–Crippen MR) is 85.7 cm³/mol. The van der Waals surface area contributed by atoms with Crippen LogP contribution < -0.4 is 10.1 Å². The summed E-state index contributed by atoms with van der Waals surface area (Å²) in [7, 11) is 0. The fourth-order valence-electron chi connectivity index (χ4n) is 2.09. The summed E-state index contributed by atoms with van der Waals surface area (Å²) < 4.78 is 19.5. The number of hydrogen-bond donors (Lipinski definition) is 1. The van der Waals surface area contributed by atoms with Crippen LogP contribution in [0.3, 0.4) is 0 Å². The number of benzene rings is 2. The van der Waals surface area contributed by atoms with Gasteiger partial charge < -0.3 is 10.1 Å². The van der Waals surface area contributed by atoms with Crippen LogP contribution in [0.1, 0.15) is 31.9 Å². The first-order chi connectivity index (χ1) is 10.1. The summed E-state index contributed by atoms with van der Waals surface area (Å²) in [5, 5.41) is 3.88. The van der Waals surface area contributed by atoms with Crippen LogP contribution >= 0.6 is 11.6 Å². The minimum atomic E-state index is -0.226. The summed E-state index contributed by atoms with van der Waals surface area (Å²) in [6.45, 7) is 4.58. The molecule has 4 heteroatoms. The van der Waals surface area contributed by atoms with Gasteiger partial charge in [-0.3, -0.25) is 0 Å². The SMILES string of the molecule is CCCOc1ccc(Cl)cc1NC(C)c1ccccc1F. The maximum atomic E-state index is 13.8. The molecule has 0 saturated carbocycles. The second-order valence-corrected chi connectivity index (χ2v) is 5.31. The van der Waals surface area contributed by atoms with Gasteiger partial charge in [0.15, 0.2) is 0 Å². The average molecular weight is 308 g/mol. The van der Waals surface area contributed by atoms with E-state index < -0.39 is 0 Å². The van der Waals surface area contributed by atoms with Gasteiger partial charge in [-0.2, -0.15) is 0 Å². The Morgan fingerprint density at radius 3 is 2.71 bits per heavy atom. The molecule has 112 valence electrons. The van der Waals surface area contributed by atoms with E-state index in [-0.39, 0.29) is 11.9 Å². The molecule has 0 aliphatic heterocycles.